The zero-order chi connectivity index (χ0) is 16.4. The fourth-order valence-electron chi connectivity index (χ4n) is 4.02. The lowest BCUT2D eigenvalue weighted by atomic mass is 9.78. The third-order valence-electron chi connectivity index (χ3n) is 5.20. The summed E-state index contributed by atoms with van der Waals surface area (Å²) in [6.07, 6.45) is 8.57. The lowest BCUT2D eigenvalue weighted by Crippen LogP contribution is -2.47. The van der Waals surface area contributed by atoms with Gasteiger partial charge in [0.15, 0.2) is 0 Å². The summed E-state index contributed by atoms with van der Waals surface area (Å²) >= 11 is 1.70. The van der Waals surface area contributed by atoms with Crippen LogP contribution in [0.25, 0.3) is 0 Å². The highest BCUT2D eigenvalue weighted by atomic mass is 32.1. The van der Waals surface area contributed by atoms with Gasteiger partial charge in [-0.3, -0.25) is 14.7 Å². The second-order valence-corrected chi connectivity index (χ2v) is 7.84. The summed E-state index contributed by atoms with van der Waals surface area (Å²) in [5.41, 5.74) is 0.927. The van der Waals surface area contributed by atoms with Crippen LogP contribution >= 0.6 is 11.3 Å². The van der Waals surface area contributed by atoms with E-state index in [0.29, 0.717) is 12.5 Å². The highest BCUT2D eigenvalue weighted by Gasteiger charge is 2.48. The average Bonchev–Trinajstić information content (AvgIpc) is 3.21. The highest BCUT2D eigenvalue weighted by molar-refractivity contribution is 7.09. The summed E-state index contributed by atoms with van der Waals surface area (Å²) < 4.78 is 0. The molecule has 2 aliphatic rings. The quantitative estimate of drug-likeness (QED) is 0.857. The molecule has 1 atom stereocenters. The minimum Gasteiger partial charge on any atom is -0.338 e. The molecule has 2 aromatic rings. The van der Waals surface area contributed by atoms with Gasteiger partial charge in [-0.1, -0.05) is 6.07 Å². The third-order valence-corrected chi connectivity index (χ3v) is 5.96. The second kappa shape index (κ2) is 6.61. The van der Waals surface area contributed by atoms with Crippen LogP contribution in [0.5, 0.6) is 0 Å². The van der Waals surface area contributed by atoms with Gasteiger partial charge in [-0.2, -0.15) is 0 Å². The van der Waals surface area contributed by atoms with E-state index in [1.165, 1.54) is 0 Å². The molecule has 0 saturated carbocycles. The first-order valence-corrected chi connectivity index (χ1v) is 9.42. The van der Waals surface area contributed by atoms with Crippen molar-refractivity contribution in [1.82, 2.24) is 19.8 Å². The number of nitrogens with zero attached hydrogens (tertiary/aromatic N) is 4. The highest BCUT2D eigenvalue weighted by Crippen LogP contribution is 2.41. The summed E-state index contributed by atoms with van der Waals surface area (Å²) in [5.74, 6) is 0.329. The van der Waals surface area contributed by atoms with Gasteiger partial charge >= 0.3 is 0 Å². The summed E-state index contributed by atoms with van der Waals surface area (Å²) in [5, 5.41) is 3.16. The van der Waals surface area contributed by atoms with Crippen molar-refractivity contribution in [2.45, 2.75) is 32.4 Å². The fraction of sp³-hybridized carbons (Fsp3) is 0.500. The lowest BCUT2D eigenvalue weighted by molar-refractivity contribution is -0.139. The predicted octanol–water partition coefficient (Wildman–Crippen LogP) is 2.55. The van der Waals surface area contributed by atoms with E-state index in [9.17, 15) is 4.79 Å². The van der Waals surface area contributed by atoms with Crippen LogP contribution in [-0.2, 0) is 17.9 Å². The average molecular weight is 342 g/mol. The number of amides is 1. The lowest BCUT2D eigenvalue weighted by Gasteiger charge is -2.38. The Labute approximate surface area is 146 Å². The van der Waals surface area contributed by atoms with E-state index in [4.69, 9.17) is 0 Å². The third kappa shape index (κ3) is 3.08. The summed E-state index contributed by atoms with van der Waals surface area (Å²) in [7, 11) is 0. The van der Waals surface area contributed by atoms with Gasteiger partial charge in [-0.25, -0.2) is 4.98 Å². The second-order valence-electron chi connectivity index (χ2n) is 6.86. The van der Waals surface area contributed by atoms with Gasteiger partial charge in [0.05, 0.1) is 12.0 Å². The van der Waals surface area contributed by atoms with Crippen molar-refractivity contribution in [3.05, 3.63) is 46.7 Å². The van der Waals surface area contributed by atoms with Gasteiger partial charge < -0.3 is 4.90 Å². The molecule has 24 heavy (non-hydrogen) atoms. The van der Waals surface area contributed by atoms with Crippen molar-refractivity contribution in [3.63, 3.8) is 0 Å². The molecule has 2 aromatic heterocycles. The Hall–Kier alpha value is -1.79. The number of thiazole rings is 1. The Balaban J connectivity index is 1.44. The van der Waals surface area contributed by atoms with E-state index in [1.807, 2.05) is 34.8 Å². The largest absolute Gasteiger partial charge is 0.338 e. The molecule has 4 rings (SSSR count). The number of aromatic nitrogens is 2. The van der Waals surface area contributed by atoms with E-state index in [0.717, 1.165) is 56.0 Å². The van der Waals surface area contributed by atoms with Crippen LogP contribution in [-0.4, -0.2) is 45.3 Å². The molecule has 0 aromatic carbocycles. The number of likely N-dealkylation sites (tertiary alicyclic amines) is 2. The monoisotopic (exact) mass is 342 g/mol. The normalized spacial score (nSPS) is 24.8. The number of pyridine rings is 1. The number of hydrogen-bond donors (Lipinski definition) is 0. The zero-order valence-corrected chi connectivity index (χ0v) is 14.5. The molecule has 5 nitrogen and oxygen atoms in total. The van der Waals surface area contributed by atoms with E-state index in [-0.39, 0.29) is 5.41 Å². The Morgan fingerprint density at radius 1 is 1.21 bits per heavy atom. The van der Waals surface area contributed by atoms with Gasteiger partial charge in [-0.05, 0) is 37.4 Å². The van der Waals surface area contributed by atoms with Gasteiger partial charge in [-0.15, -0.1) is 11.3 Å². The SMILES string of the molecule is O=C1N(Cc2cccnc2)CC[C@]12CCCN(Cc1nccs1)C2. The van der Waals surface area contributed by atoms with E-state index >= 15 is 0 Å². The molecule has 1 amide bonds. The van der Waals surface area contributed by atoms with Crippen LogP contribution in [0.15, 0.2) is 36.1 Å². The predicted molar refractivity (Wildman–Crippen MR) is 93.3 cm³/mol. The van der Waals surface area contributed by atoms with Crippen molar-refractivity contribution < 1.29 is 4.79 Å². The molecular formula is C18H22N4OS. The fourth-order valence-corrected chi connectivity index (χ4v) is 4.68. The van der Waals surface area contributed by atoms with Crippen molar-refractivity contribution >= 4 is 17.2 Å². The first-order valence-electron chi connectivity index (χ1n) is 8.54. The Morgan fingerprint density at radius 2 is 2.17 bits per heavy atom. The zero-order valence-electron chi connectivity index (χ0n) is 13.7. The van der Waals surface area contributed by atoms with Gasteiger partial charge in [0.25, 0.3) is 0 Å². The summed E-state index contributed by atoms with van der Waals surface area (Å²) in [4.78, 5) is 26.1. The van der Waals surface area contributed by atoms with Crippen molar-refractivity contribution in [2.75, 3.05) is 19.6 Å². The topological polar surface area (TPSA) is 49.3 Å². The number of hydrogen-bond acceptors (Lipinski definition) is 5. The first-order chi connectivity index (χ1) is 11.8. The number of piperidine rings is 1. The van der Waals surface area contributed by atoms with Crippen LogP contribution in [0.4, 0.5) is 0 Å². The maximum Gasteiger partial charge on any atom is 0.230 e. The van der Waals surface area contributed by atoms with Crippen LogP contribution < -0.4 is 0 Å². The molecule has 0 aliphatic carbocycles. The van der Waals surface area contributed by atoms with Crippen LogP contribution in [0.3, 0.4) is 0 Å². The molecular weight excluding hydrogens is 320 g/mol. The molecule has 0 radical (unpaired) electrons. The van der Waals surface area contributed by atoms with E-state index in [2.05, 4.69) is 14.9 Å². The molecule has 2 fully saturated rings. The maximum absolute atomic E-state index is 13.1. The molecule has 6 heteroatoms. The number of carbonyl (C=O) groups excluding carboxylic acids is 1. The Bertz CT molecular complexity index is 690. The molecule has 0 bridgehead atoms. The Morgan fingerprint density at radius 3 is 2.96 bits per heavy atom. The molecule has 0 N–H and O–H groups in total. The van der Waals surface area contributed by atoms with Crippen LogP contribution in [0, 0.1) is 5.41 Å². The molecule has 2 aliphatic heterocycles. The molecule has 2 saturated heterocycles. The van der Waals surface area contributed by atoms with Gasteiger partial charge in [0.1, 0.15) is 5.01 Å². The van der Waals surface area contributed by atoms with E-state index < -0.39 is 0 Å². The van der Waals surface area contributed by atoms with Crippen LogP contribution in [0.2, 0.25) is 0 Å². The molecule has 4 heterocycles. The number of carbonyl (C=O) groups is 1. The van der Waals surface area contributed by atoms with Gasteiger partial charge in [0, 0.05) is 43.6 Å². The maximum atomic E-state index is 13.1. The first kappa shape index (κ1) is 15.7. The standard InChI is InChI=1S/C18H22N4OS/c23-17-18(5-9-22(17)12-15-3-1-6-19-11-15)4-2-8-21(14-18)13-16-20-7-10-24-16/h1,3,6-7,10-11H,2,4-5,8-9,12-14H2/t18-/m0/s1. The van der Waals surface area contributed by atoms with Crippen molar-refractivity contribution in [1.29, 1.82) is 0 Å². The van der Waals surface area contributed by atoms with Crippen LogP contribution in [0.1, 0.15) is 29.8 Å². The Kier molecular flexibility index (Phi) is 4.33. The number of rotatable bonds is 4. The summed E-state index contributed by atoms with van der Waals surface area (Å²) in [6.45, 7) is 4.35. The minimum absolute atomic E-state index is 0.183. The molecule has 0 unspecified atom stereocenters. The smallest absolute Gasteiger partial charge is 0.230 e. The van der Waals surface area contributed by atoms with Crippen molar-refractivity contribution in [2.24, 2.45) is 5.41 Å². The van der Waals surface area contributed by atoms with Crippen molar-refractivity contribution in [3.8, 4) is 0 Å². The van der Waals surface area contributed by atoms with Gasteiger partial charge in [0.2, 0.25) is 5.91 Å². The minimum atomic E-state index is -0.183. The molecule has 1 spiro atoms. The summed E-state index contributed by atoms with van der Waals surface area (Å²) in [6, 6.07) is 3.98. The molecule has 126 valence electrons. The van der Waals surface area contributed by atoms with E-state index in [1.54, 1.807) is 17.5 Å².